The Kier molecular flexibility index (Phi) is 7.03. The summed E-state index contributed by atoms with van der Waals surface area (Å²) >= 11 is 7.67. The number of benzene rings is 2. The molecule has 2 aromatic carbocycles. The summed E-state index contributed by atoms with van der Waals surface area (Å²) in [5.74, 6) is 1.18. The van der Waals surface area contributed by atoms with Crippen LogP contribution in [0.15, 0.2) is 58.4 Å². The minimum absolute atomic E-state index is 0.0147. The van der Waals surface area contributed by atoms with Crippen molar-refractivity contribution in [1.82, 2.24) is 4.90 Å². The quantitative estimate of drug-likeness (QED) is 0.460. The molecule has 0 N–H and O–H groups in total. The van der Waals surface area contributed by atoms with Crippen LogP contribution in [0.4, 0.5) is 5.69 Å². The molecule has 1 saturated carbocycles. The molecule has 2 aromatic rings. The maximum Gasteiger partial charge on any atom is 0.267 e. The van der Waals surface area contributed by atoms with Crippen LogP contribution in [0.5, 0.6) is 5.75 Å². The highest BCUT2D eigenvalue weighted by Crippen LogP contribution is 2.41. The number of hydrogen-bond donors (Lipinski definition) is 0. The lowest BCUT2D eigenvalue weighted by Crippen LogP contribution is -2.44. The maximum atomic E-state index is 13.6. The molecule has 2 fully saturated rings. The van der Waals surface area contributed by atoms with Crippen molar-refractivity contribution < 1.29 is 9.53 Å². The highest BCUT2D eigenvalue weighted by molar-refractivity contribution is 8.18. The van der Waals surface area contributed by atoms with Crippen LogP contribution in [0.25, 0.3) is 6.08 Å². The maximum absolute atomic E-state index is 13.6. The van der Waals surface area contributed by atoms with Gasteiger partial charge in [0.25, 0.3) is 5.91 Å². The molecule has 0 bridgehead atoms. The van der Waals surface area contributed by atoms with Gasteiger partial charge in [-0.2, -0.15) is 0 Å². The molecule has 2 atom stereocenters. The fraction of sp³-hybridized carbons (Fsp3) is 0.360. The standard InChI is InChI=1S/C25H27ClN2O2S/c1-3-30-22-14-13-19(26)15-18(22)16-23-24(29)28(21-12-8-7-9-17(21)2)25(31-23)27-20-10-5-4-6-11-20/h4-6,10-11,13-17,21H,3,7-9,12H2,1-2H3/b23-16-,27-25?/t17-,21+/m0/s1. The summed E-state index contributed by atoms with van der Waals surface area (Å²) in [6.45, 7) is 4.73. The number of ether oxygens (including phenoxy) is 1. The summed E-state index contributed by atoms with van der Waals surface area (Å²) in [6, 6.07) is 15.5. The Morgan fingerprint density at radius 2 is 1.97 bits per heavy atom. The Hall–Kier alpha value is -2.24. The lowest BCUT2D eigenvalue weighted by Gasteiger charge is -2.35. The van der Waals surface area contributed by atoms with E-state index in [0.717, 1.165) is 41.4 Å². The fourth-order valence-corrected chi connectivity index (χ4v) is 5.43. The van der Waals surface area contributed by atoms with Crippen molar-refractivity contribution in [1.29, 1.82) is 0 Å². The second-order valence-corrected chi connectivity index (χ2v) is 9.41. The van der Waals surface area contributed by atoms with Crippen molar-refractivity contribution >= 4 is 46.2 Å². The smallest absolute Gasteiger partial charge is 0.267 e. The molecule has 1 heterocycles. The van der Waals surface area contributed by atoms with Gasteiger partial charge in [-0.05, 0) is 73.9 Å². The normalized spacial score (nSPS) is 24.2. The van der Waals surface area contributed by atoms with E-state index in [4.69, 9.17) is 21.3 Å². The van der Waals surface area contributed by atoms with Crippen LogP contribution in [0.2, 0.25) is 5.02 Å². The van der Waals surface area contributed by atoms with Crippen LogP contribution in [0.1, 0.15) is 45.1 Å². The Morgan fingerprint density at radius 3 is 2.71 bits per heavy atom. The van der Waals surface area contributed by atoms with Crippen LogP contribution in [-0.2, 0) is 4.79 Å². The monoisotopic (exact) mass is 454 g/mol. The van der Waals surface area contributed by atoms with Gasteiger partial charge in [-0.3, -0.25) is 9.69 Å². The number of hydrogen-bond acceptors (Lipinski definition) is 4. The van der Waals surface area contributed by atoms with Gasteiger partial charge < -0.3 is 4.74 Å². The third-order valence-corrected chi connectivity index (χ3v) is 6.99. The Bertz CT molecular complexity index is 1010. The topological polar surface area (TPSA) is 41.9 Å². The summed E-state index contributed by atoms with van der Waals surface area (Å²) in [7, 11) is 0. The second-order valence-electron chi connectivity index (χ2n) is 7.96. The minimum atomic E-state index is 0.0147. The van der Waals surface area contributed by atoms with Gasteiger partial charge in [-0.1, -0.05) is 49.6 Å². The number of nitrogens with zero attached hydrogens (tertiary/aromatic N) is 2. The van der Waals surface area contributed by atoms with Gasteiger partial charge in [-0.15, -0.1) is 0 Å². The number of carbonyl (C=O) groups is 1. The first kappa shape index (κ1) is 22.0. The molecular weight excluding hydrogens is 428 g/mol. The highest BCUT2D eigenvalue weighted by atomic mass is 35.5. The van der Waals surface area contributed by atoms with E-state index in [1.165, 1.54) is 18.2 Å². The van der Waals surface area contributed by atoms with Gasteiger partial charge in [0.05, 0.1) is 17.2 Å². The van der Waals surface area contributed by atoms with Crippen molar-refractivity contribution in [3.63, 3.8) is 0 Å². The van der Waals surface area contributed by atoms with Crippen LogP contribution in [0.3, 0.4) is 0 Å². The molecule has 31 heavy (non-hydrogen) atoms. The molecule has 1 aliphatic carbocycles. The number of aliphatic imine (C=N–C) groups is 1. The van der Waals surface area contributed by atoms with Crippen molar-refractivity contribution in [2.24, 2.45) is 10.9 Å². The third kappa shape index (κ3) is 4.99. The van der Waals surface area contributed by atoms with Gasteiger partial charge >= 0.3 is 0 Å². The van der Waals surface area contributed by atoms with Crippen molar-refractivity contribution in [2.75, 3.05) is 6.61 Å². The van der Waals surface area contributed by atoms with E-state index in [0.29, 0.717) is 22.5 Å². The number of para-hydroxylation sites is 1. The molecule has 6 heteroatoms. The summed E-state index contributed by atoms with van der Waals surface area (Å²) in [6.07, 6.45) is 6.40. The Balaban J connectivity index is 1.74. The van der Waals surface area contributed by atoms with E-state index in [9.17, 15) is 4.79 Å². The summed E-state index contributed by atoms with van der Waals surface area (Å²) in [5.41, 5.74) is 1.66. The molecule has 2 aliphatic rings. The zero-order valence-corrected chi connectivity index (χ0v) is 19.5. The lowest BCUT2D eigenvalue weighted by atomic mass is 9.85. The van der Waals surface area contributed by atoms with Gasteiger partial charge in [0.2, 0.25) is 0 Å². The molecule has 4 rings (SSSR count). The average Bonchev–Trinajstić information content (AvgIpc) is 3.06. The van der Waals surface area contributed by atoms with Gasteiger partial charge in [0.1, 0.15) is 5.75 Å². The van der Waals surface area contributed by atoms with Crippen LogP contribution in [-0.4, -0.2) is 28.6 Å². The number of amides is 1. The van der Waals surface area contributed by atoms with E-state index < -0.39 is 0 Å². The molecule has 4 nitrogen and oxygen atoms in total. The van der Waals surface area contributed by atoms with E-state index in [2.05, 4.69) is 6.92 Å². The predicted molar refractivity (Wildman–Crippen MR) is 130 cm³/mol. The molecule has 0 aromatic heterocycles. The molecule has 0 unspecified atom stereocenters. The van der Waals surface area contributed by atoms with Crippen molar-refractivity contribution in [3.8, 4) is 5.75 Å². The Labute approximate surface area is 193 Å². The second kappa shape index (κ2) is 9.92. The lowest BCUT2D eigenvalue weighted by molar-refractivity contribution is -0.124. The fourth-order valence-electron chi connectivity index (χ4n) is 4.21. The van der Waals surface area contributed by atoms with Crippen molar-refractivity contribution in [2.45, 2.75) is 45.6 Å². The zero-order chi connectivity index (χ0) is 21.8. The molecule has 1 saturated heterocycles. The summed E-state index contributed by atoms with van der Waals surface area (Å²) in [5, 5.41) is 1.36. The SMILES string of the molecule is CCOc1ccc(Cl)cc1/C=C1\SC(=Nc2ccccc2)N([C@@H]2CCCC[C@@H]2C)C1=O. The predicted octanol–water partition coefficient (Wildman–Crippen LogP) is 6.92. The van der Waals surface area contributed by atoms with Crippen molar-refractivity contribution in [3.05, 3.63) is 64.0 Å². The van der Waals surface area contributed by atoms with Crippen LogP contribution < -0.4 is 4.74 Å². The molecule has 1 aliphatic heterocycles. The van der Waals surface area contributed by atoms with Crippen LogP contribution in [0, 0.1) is 5.92 Å². The summed E-state index contributed by atoms with van der Waals surface area (Å²) in [4.78, 5) is 21.0. The first-order chi connectivity index (χ1) is 15.1. The van der Waals surface area contributed by atoms with E-state index in [-0.39, 0.29) is 11.9 Å². The number of rotatable bonds is 5. The van der Waals surface area contributed by atoms with E-state index in [1.807, 2.05) is 60.4 Å². The minimum Gasteiger partial charge on any atom is -0.493 e. The van der Waals surface area contributed by atoms with E-state index in [1.54, 1.807) is 6.07 Å². The average molecular weight is 455 g/mol. The van der Waals surface area contributed by atoms with Crippen LogP contribution >= 0.6 is 23.4 Å². The number of halogens is 1. The number of carbonyl (C=O) groups excluding carboxylic acids is 1. The zero-order valence-electron chi connectivity index (χ0n) is 17.9. The molecular formula is C25H27ClN2O2S. The Morgan fingerprint density at radius 1 is 1.19 bits per heavy atom. The van der Waals surface area contributed by atoms with E-state index >= 15 is 0 Å². The van der Waals surface area contributed by atoms with Gasteiger partial charge in [0.15, 0.2) is 5.17 Å². The first-order valence-electron chi connectivity index (χ1n) is 10.9. The molecule has 1 amide bonds. The largest absolute Gasteiger partial charge is 0.493 e. The molecule has 0 spiro atoms. The molecule has 0 radical (unpaired) electrons. The number of amidine groups is 1. The van der Waals surface area contributed by atoms with Gasteiger partial charge in [-0.25, -0.2) is 4.99 Å². The summed E-state index contributed by atoms with van der Waals surface area (Å²) < 4.78 is 5.75. The van der Waals surface area contributed by atoms with Gasteiger partial charge in [0, 0.05) is 16.6 Å². The number of thioether (sulfide) groups is 1. The molecule has 162 valence electrons. The highest BCUT2D eigenvalue weighted by Gasteiger charge is 2.41. The first-order valence-corrected chi connectivity index (χ1v) is 12.1. The third-order valence-electron chi connectivity index (χ3n) is 5.77.